The van der Waals surface area contributed by atoms with Gasteiger partial charge in [0.05, 0.1) is 18.5 Å². The zero-order chi connectivity index (χ0) is 24.1. The minimum absolute atomic E-state index is 0.0932. The Balaban J connectivity index is 1.25. The number of alkyl halides is 4. The Morgan fingerprint density at radius 1 is 1.38 bits per heavy atom. The number of amides is 1. The molecule has 3 aromatic heterocycles. The Kier molecular flexibility index (Phi) is 5.22. The van der Waals surface area contributed by atoms with E-state index in [4.69, 9.17) is 9.47 Å². The second kappa shape index (κ2) is 8.00. The first kappa shape index (κ1) is 22.2. The number of hydrogen-bond acceptors (Lipinski definition) is 8. The summed E-state index contributed by atoms with van der Waals surface area (Å²) in [4.78, 5) is 19.8. The van der Waals surface area contributed by atoms with Gasteiger partial charge in [0, 0.05) is 17.8 Å². The van der Waals surface area contributed by atoms with Crippen LogP contribution in [0.5, 0.6) is 5.88 Å². The number of imidazole rings is 1. The maximum Gasteiger partial charge on any atom is 0.574 e. The maximum atomic E-state index is 14.9. The summed E-state index contributed by atoms with van der Waals surface area (Å²) in [6.45, 7) is 1.74. The highest BCUT2D eigenvalue weighted by molar-refractivity contribution is 5.69. The molecule has 0 bridgehead atoms. The molecule has 0 aromatic carbocycles. The molecule has 4 heterocycles. The number of nitrogens with zero attached hydrogens (tertiary/aromatic N) is 4. The van der Waals surface area contributed by atoms with Crippen molar-refractivity contribution in [3.8, 4) is 5.88 Å². The number of rotatable bonds is 6. The van der Waals surface area contributed by atoms with E-state index in [1.165, 1.54) is 22.7 Å². The molecule has 34 heavy (non-hydrogen) atoms. The Morgan fingerprint density at radius 3 is 2.91 bits per heavy atom. The number of nitrogens with one attached hydrogen (secondary N) is 3. The third kappa shape index (κ3) is 4.69. The van der Waals surface area contributed by atoms with Crippen LogP contribution in [0.2, 0.25) is 0 Å². The number of H-pyrrole nitrogens is 1. The molecule has 1 amide bonds. The highest BCUT2D eigenvalue weighted by Crippen LogP contribution is 2.36. The van der Waals surface area contributed by atoms with E-state index in [1.807, 2.05) is 6.92 Å². The first-order valence-corrected chi connectivity index (χ1v) is 10.3. The Labute approximate surface area is 188 Å². The minimum atomic E-state index is -4.89. The number of aromatic amines is 1. The van der Waals surface area contributed by atoms with E-state index in [1.54, 1.807) is 0 Å². The molecule has 2 aliphatic rings. The van der Waals surface area contributed by atoms with Crippen LogP contribution < -0.4 is 15.4 Å². The van der Waals surface area contributed by atoms with Gasteiger partial charge >= 0.3 is 12.5 Å². The lowest BCUT2D eigenvalue weighted by atomic mass is 10.1. The largest absolute Gasteiger partial charge is 0.574 e. The fraction of sp³-hybridized carbons (Fsp3) is 0.474. The molecule has 3 atom stereocenters. The average Bonchev–Trinajstić information content (AvgIpc) is 3.10. The van der Waals surface area contributed by atoms with E-state index in [0.717, 1.165) is 19.0 Å². The Hall–Kier alpha value is -3.62. The third-order valence-corrected chi connectivity index (χ3v) is 5.47. The van der Waals surface area contributed by atoms with Gasteiger partial charge in [0.25, 0.3) is 0 Å². The lowest BCUT2D eigenvalue weighted by Crippen LogP contribution is -2.39. The number of aromatic nitrogens is 5. The Morgan fingerprint density at radius 2 is 2.18 bits per heavy atom. The number of ether oxygens (including phenoxy) is 3. The zero-order valence-electron chi connectivity index (χ0n) is 17.6. The van der Waals surface area contributed by atoms with E-state index in [9.17, 15) is 22.4 Å². The third-order valence-electron chi connectivity index (χ3n) is 5.47. The number of alkyl carbamates (subject to hydrolysis) is 1. The molecular formula is C19H19F4N7O4. The van der Waals surface area contributed by atoms with Crippen LogP contribution in [-0.4, -0.2) is 61.4 Å². The van der Waals surface area contributed by atoms with Gasteiger partial charge in [0.1, 0.15) is 11.8 Å². The van der Waals surface area contributed by atoms with Crippen molar-refractivity contribution in [2.24, 2.45) is 0 Å². The number of hydrogen-bond donors (Lipinski definition) is 3. The fourth-order valence-corrected chi connectivity index (χ4v) is 3.48. The summed E-state index contributed by atoms with van der Waals surface area (Å²) in [5, 5.41) is 12.2. The number of carbonyl (C=O) groups is 1. The van der Waals surface area contributed by atoms with Crippen LogP contribution in [0.1, 0.15) is 31.6 Å². The molecule has 0 unspecified atom stereocenters. The quantitative estimate of drug-likeness (QED) is 0.455. The van der Waals surface area contributed by atoms with Crippen molar-refractivity contribution in [3.63, 3.8) is 0 Å². The summed E-state index contributed by atoms with van der Waals surface area (Å²) in [6.07, 6.45) is -5.33. The van der Waals surface area contributed by atoms with E-state index >= 15 is 0 Å². The molecule has 0 radical (unpaired) electrons. The number of fused-ring (bicyclic) bond motifs is 1. The fourth-order valence-electron chi connectivity index (χ4n) is 3.48. The van der Waals surface area contributed by atoms with Crippen LogP contribution in [-0.2, 0) is 9.47 Å². The molecular weight excluding hydrogens is 466 g/mol. The average molecular weight is 485 g/mol. The van der Waals surface area contributed by atoms with Gasteiger partial charge in [-0.3, -0.25) is 9.50 Å². The summed E-state index contributed by atoms with van der Waals surface area (Å²) < 4.78 is 68.0. The smallest absolute Gasteiger partial charge is 0.441 e. The van der Waals surface area contributed by atoms with Gasteiger partial charge in [0.15, 0.2) is 18.1 Å². The van der Waals surface area contributed by atoms with Crippen molar-refractivity contribution in [2.75, 3.05) is 11.9 Å². The zero-order valence-corrected chi connectivity index (χ0v) is 17.6. The van der Waals surface area contributed by atoms with Crippen LogP contribution in [0.25, 0.3) is 5.65 Å². The van der Waals surface area contributed by atoms with Gasteiger partial charge in [-0.15, -0.1) is 13.2 Å². The van der Waals surface area contributed by atoms with Gasteiger partial charge < -0.3 is 24.8 Å². The Bertz CT molecular complexity index is 1210. The number of carbonyl (C=O) groups excluding carboxylic acids is 1. The van der Waals surface area contributed by atoms with E-state index in [-0.39, 0.29) is 35.3 Å². The summed E-state index contributed by atoms with van der Waals surface area (Å²) in [6, 6.07) is 2.85. The van der Waals surface area contributed by atoms with Crippen molar-refractivity contribution in [2.45, 2.75) is 50.0 Å². The van der Waals surface area contributed by atoms with Crippen molar-refractivity contribution in [3.05, 3.63) is 30.2 Å². The predicted octanol–water partition coefficient (Wildman–Crippen LogP) is 3.15. The molecule has 0 spiro atoms. The highest BCUT2D eigenvalue weighted by Gasteiger charge is 2.44. The summed E-state index contributed by atoms with van der Waals surface area (Å²) in [5.74, 6) is -0.367. The summed E-state index contributed by atoms with van der Waals surface area (Å²) in [5.41, 5.74) is 0.126. The molecule has 3 aromatic rings. The summed E-state index contributed by atoms with van der Waals surface area (Å²) >= 11 is 0. The number of anilines is 2. The highest BCUT2D eigenvalue weighted by atomic mass is 19.4. The van der Waals surface area contributed by atoms with Crippen molar-refractivity contribution < 1.29 is 36.6 Å². The van der Waals surface area contributed by atoms with Crippen LogP contribution in [0.3, 0.4) is 0 Å². The molecule has 1 aliphatic carbocycles. The summed E-state index contributed by atoms with van der Waals surface area (Å²) in [7, 11) is 0. The van der Waals surface area contributed by atoms with Crippen LogP contribution >= 0.6 is 0 Å². The van der Waals surface area contributed by atoms with Crippen LogP contribution in [0.4, 0.5) is 34.1 Å². The van der Waals surface area contributed by atoms with E-state index in [0.29, 0.717) is 0 Å². The van der Waals surface area contributed by atoms with E-state index in [2.05, 4.69) is 35.5 Å². The predicted molar refractivity (Wildman–Crippen MR) is 106 cm³/mol. The molecule has 11 nitrogen and oxygen atoms in total. The topological polar surface area (TPSA) is 128 Å². The molecule has 182 valence electrons. The molecule has 5 rings (SSSR count). The molecule has 15 heteroatoms. The lowest BCUT2D eigenvalue weighted by molar-refractivity contribution is -0.276. The first-order chi connectivity index (χ1) is 16.1. The van der Waals surface area contributed by atoms with Crippen molar-refractivity contribution in [1.29, 1.82) is 0 Å². The van der Waals surface area contributed by atoms with Gasteiger partial charge in [-0.2, -0.15) is 10.1 Å². The molecule has 1 saturated heterocycles. The van der Waals surface area contributed by atoms with E-state index < -0.39 is 36.7 Å². The first-order valence-electron chi connectivity index (χ1n) is 10.3. The van der Waals surface area contributed by atoms with Crippen molar-refractivity contribution >= 4 is 23.5 Å². The standard InChI is InChI=1S/C19H19F4N7O4/c1-18(3-4-18)27-17(31)33-10-8-32-15(14(10)20)9-6-11(29-28-9)25-16-24-5-2-12-26-13(7-30(12)16)34-19(21,22)23/h2,5-7,10,14-15H,3-4,8H2,1H3,(H,27,31)(H2,24,25,28,29)/t10-,14+,15-/m1/s1. The molecule has 1 aliphatic heterocycles. The van der Waals surface area contributed by atoms with Crippen LogP contribution in [0.15, 0.2) is 24.5 Å². The lowest BCUT2D eigenvalue weighted by Gasteiger charge is -2.17. The molecule has 1 saturated carbocycles. The van der Waals surface area contributed by atoms with Crippen molar-refractivity contribution in [1.82, 2.24) is 29.9 Å². The molecule has 2 fully saturated rings. The monoisotopic (exact) mass is 485 g/mol. The maximum absolute atomic E-state index is 14.9. The van der Waals surface area contributed by atoms with Gasteiger partial charge in [0.2, 0.25) is 11.8 Å². The second-order valence-corrected chi connectivity index (χ2v) is 8.28. The van der Waals surface area contributed by atoms with Gasteiger partial charge in [-0.25, -0.2) is 14.2 Å². The minimum Gasteiger partial charge on any atom is -0.441 e. The normalized spacial score (nSPS) is 23.6. The van der Waals surface area contributed by atoms with Gasteiger partial charge in [-0.05, 0) is 25.8 Å². The SMILES string of the molecule is CC1(NC(=O)O[C@@H]2CO[C@H](c3cc(Nc4nccc5nc(OC(F)(F)F)cn45)n[nH]3)[C@H]2F)CC1. The van der Waals surface area contributed by atoms with Crippen LogP contribution in [0, 0.1) is 0 Å². The molecule has 3 N–H and O–H groups in total. The second-order valence-electron chi connectivity index (χ2n) is 8.28. The van der Waals surface area contributed by atoms with Gasteiger partial charge in [-0.1, -0.05) is 0 Å². The number of halogens is 4.